The fourth-order valence-electron chi connectivity index (χ4n) is 4.65. The predicted octanol–water partition coefficient (Wildman–Crippen LogP) is 4.37. The topological polar surface area (TPSA) is 137 Å². The Morgan fingerprint density at radius 2 is 1.74 bits per heavy atom. The van der Waals surface area contributed by atoms with Gasteiger partial charge in [-0.25, -0.2) is 23.5 Å². The Kier molecular flexibility index (Phi) is 9.50. The molecule has 3 N–H and O–H groups in total. The van der Waals surface area contributed by atoms with Crippen molar-refractivity contribution in [2.24, 2.45) is 0 Å². The van der Waals surface area contributed by atoms with Crippen LogP contribution in [0.5, 0.6) is 0 Å². The third kappa shape index (κ3) is 7.42. The van der Waals surface area contributed by atoms with Crippen LogP contribution in [0.15, 0.2) is 42.7 Å². The minimum Gasteiger partial charge on any atom is -0.475 e. The van der Waals surface area contributed by atoms with Crippen molar-refractivity contribution in [2.75, 3.05) is 55.5 Å². The van der Waals surface area contributed by atoms with Gasteiger partial charge in [0.2, 0.25) is 5.95 Å². The number of aromatic amines is 1. The summed E-state index contributed by atoms with van der Waals surface area (Å²) in [7, 11) is 4.05. The minimum atomic E-state index is -5.08. The van der Waals surface area contributed by atoms with E-state index in [0.717, 1.165) is 23.8 Å². The fraction of sp³-hybridized carbons (Fsp3) is 0.345. The number of aromatic nitrogens is 6. The van der Waals surface area contributed by atoms with Crippen LogP contribution in [0.4, 0.5) is 39.4 Å². The van der Waals surface area contributed by atoms with Crippen molar-refractivity contribution >= 4 is 45.6 Å². The van der Waals surface area contributed by atoms with Gasteiger partial charge in [-0.15, -0.1) is 0 Å². The number of H-pyrrole nitrogens is 1. The van der Waals surface area contributed by atoms with E-state index in [0.29, 0.717) is 61.5 Å². The summed E-state index contributed by atoms with van der Waals surface area (Å²) in [5.41, 5.74) is 4.12. The average molecular weight is 648 g/mol. The van der Waals surface area contributed by atoms with Gasteiger partial charge in [0.1, 0.15) is 11.3 Å². The van der Waals surface area contributed by atoms with Gasteiger partial charge in [0.25, 0.3) is 0 Å². The van der Waals surface area contributed by atoms with Crippen LogP contribution < -0.4 is 15.1 Å². The first-order valence-corrected chi connectivity index (χ1v) is 14.1. The van der Waals surface area contributed by atoms with Crippen molar-refractivity contribution in [2.45, 2.75) is 25.7 Å². The zero-order valence-corrected chi connectivity index (χ0v) is 24.8. The minimum absolute atomic E-state index is 0.0310. The second kappa shape index (κ2) is 13.5. The zero-order chi connectivity index (χ0) is 33.0. The van der Waals surface area contributed by atoms with Crippen molar-refractivity contribution in [1.29, 1.82) is 0 Å². The van der Waals surface area contributed by atoms with Crippen molar-refractivity contribution in [3.05, 3.63) is 65.7 Å². The van der Waals surface area contributed by atoms with Crippen LogP contribution in [-0.2, 0) is 29.0 Å². The SMILES string of the molecule is CN(C)c1ccc(CCn2cnc3c(NCc4nc5c(F)c(F)ccc5[nH]4)nc(N4CCOCC4)nc32)cc1.O=C(O)C(F)(F)F. The Labute approximate surface area is 258 Å². The predicted molar refractivity (Wildman–Crippen MR) is 160 cm³/mol. The molecule has 46 heavy (non-hydrogen) atoms. The van der Waals surface area contributed by atoms with Gasteiger partial charge in [-0.3, -0.25) is 0 Å². The van der Waals surface area contributed by atoms with Crippen molar-refractivity contribution in [3.63, 3.8) is 0 Å². The van der Waals surface area contributed by atoms with E-state index in [-0.39, 0.29) is 12.1 Å². The van der Waals surface area contributed by atoms with Gasteiger partial charge in [0, 0.05) is 39.4 Å². The van der Waals surface area contributed by atoms with Crippen LogP contribution in [0.3, 0.4) is 0 Å². The average Bonchev–Trinajstić information content (AvgIpc) is 3.65. The molecule has 0 saturated carbocycles. The van der Waals surface area contributed by atoms with Crippen molar-refractivity contribution < 1.29 is 36.6 Å². The van der Waals surface area contributed by atoms with Crippen LogP contribution >= 0.6 is 0 Å². The Balaban J connectivity index is 0.000000537. The van der Waals surface area contributed by atoms with E-state index in [1.54, 1.807) is 6.33 Å². The summed E-state index contributed by atoms with van der Waals surface area (Å²) >= 11 is 0. The van der Waals surface area contributed by atoms with Gasteiger partial charge >= 0.3 is 12.1 Å². The molecule has 0 unspecified atom stereocenters. The summed E-state index contributed by atoms with van der Waals surface area (Å²) in [6, 6.07) is 11.0. The molecule has 3 aromatic heterocycles. The largest absolute Gasteiger partial charge is 0.490 e. The van der Waals surface area contributed by atoms with Gasteiger partial charge in [-0.2, -0.15) is 23.1 Å². The number of nitrogens with one attached hydrogen (secondary N) is 2. The molecule has 1 fully saturated rings. The number of ether oxygens (including phenoxy) is 1. The molecule has 244 valence electrons. The van der Waals surface area contributed by atoms with Gasteiger partial charge in [0.05, 0.1) is 31.6 Å². The summed E-state index contributed by atoms with van der Waals surface area (Å²) in [4.78, 5) is 34.6. The monoisotopic (exact) mass is 647 g/mol. The van der Waals surface area contributed by atoms with Gasteiger partial charge in [0.15, 0.2) is 28.6 Å². The molecule has 5 aromatic rings. The number of carboxylic acid groups (broad SMARTS) is 1. The highest BCUT2D eigenvalue weighted by Gasteiger charge is 2.38. The number of carboxylic acids is 1. The third-order valence-corrected chi connectivity index (χ3v) is 7.10. The number of aryl methyl sites for hydroxylation is 2. The van der Waals surface area contributed by atoms with Crippen LogP contribution in [0.25, 0.3) is 22.2 Å². The molecule has 1 aliphatic heterocycles. The first-order valence-electron chi connectivity index (χ1n) is 14.1. The molecule has 17 heteroatoms. The number of alkyl halides is 3. The molecule has 2 aromatic carbocycles. The molecule has 12 nitrogen and oxygen atoms in total. The highest BCUT2D eigenvalue weighted by atomic mass is 19.4. The second-order valence-electron chi connectivity index (χ2n) is 10.5. The van der Waals surface area contributed by atoms with Crippen LogP contribution in [0, 0.1) is 11.6 Å². The van der Waals surface area contributed by atoms with Crippen LogP contribution in [0.1, 0.15) is 11.4 Å². The Bertz CT molecular complexity index is 1820. The Morgan fingerprint density at radius 3 is 2.39 bits per heavy atom. The number of benzene rings is 2. The highest BCUT2D eigenvalue weighted by molar-refractivity contribution is 5.84. The quantitative estimate of drug-likeness (QED) is 0.208. The number of rotatable bonds is 8. The number of hydrogen-bond acceptors (Lipinski definition) is 9. The molecule has 0 aliphatic carbocycles. The van der Waals surface area contributed by atoms with E-state index in [4.69, 9.17) is 24.6 Å². The Morgan fingerprint density at radius 1 is 1.04 bits per heavy atom. The molecular formula is C29H30F5N9O3. The van der Waals surface area contributed by atoms with E-state index in [2.05, 4.69) is 54.3 Å². The number of morpholine rings is 1. The number of halogens is 5. The summed E-state index contributed by atoms with van der Waals surface area (Å²) in [6.45, 7) is 3.50. The lowest BCUT2D eigenvalue weighted by atomic mass is 10.1. The molecule has 6 rings (SSSR count). The first-order chi connectivity index (χ1) is 21.9. The fourth-order valence-corrected chi connectivity index (χ4v) is 4.65. The van der Waals surface area contributed by atoms with Gasteiger partial charge in [-0.1, -0.05) is 12.1 Å². The molecule has 0 atom stereocenters. The smallest absolute Gasteiger partial charge is 0.475 e. The number of aliphatic carboxylic acids is 1. The lowest BCUT2D eigenvalue weighted by Crippen LogP contribution is -2.37. The maximum atomic E-state index is 14.2. The van der Waals surface area contributed by atoms with Crippen molar-refractivity contribution in [3.8, 4) is 0 Å². The van der Waals surface area contributed by atoms with Crippen molar-refractivity contribution in [1.82, 2.24) is 29.5 Å². The molecule has 1 aliphatic rings. The van der Waals surface area contributed by atoms with Crippen LogP contribution in [0.2, 0.25) is 0 Å². The number of imidazole rings is 2. The summed E-state index contributed by atoms with van der Waals surface area (Å²) in [5.74, 6) is -3.07. The third-order valence-electron chi connectivity index (χ3n) is 7.10. The van der Waals surface area contributed by atoms with E-state index in [1.165, 1.54) is 11.6 Å². The number of carbonyl (C=O) groups is 1. The maximum Gasteiger partial charge on any atom is 0.490 e. The molecular weight excluding hydrogens is 617 g/mol. The number of hydrogen-bond donors (Lipinski definition) is 3. The van der Waals surface area contributed by atoms with Crippen LogP contribution in [-0.4, -0.2) is 87.1 Å². The molecule has 0 amide bonds. The molecule has 0 spiro atoms. The van der Waals surface area contributed by atoms with Gasteiger partial charge in [-0.05, 0) is 36.2 Å². The summed E-state index contributed by atoms with van der Waals surface area (Å²) < 4.78 is 67.1. The highest BCUT2D eigenvalue weighted by Crippen LogP contribution is 2.25. The number of nitrogens with zero attached hydrogens (tertiary/aromatic N) is 7. The van der Waals surface area contributed by atoms with E-state index in [9.17, 15) is 22.0 Å². The molecule has 1 saturated heterocycles. The number of fused-ring (bicyclic) bond motifs is 2. The normalized spacial score (nSPS) is 13.5. The van der Waals surface area contributed by atoms with E-state index in [1.807, 2.05) is 18.7 Å². The lowest BCUT2D eigenvalue weighted by Gasteiger charge is -2.27. The Hall–Kier alpha value is -5.06. The summed E-state index contributed by atoms with van der Waals surface area (Å²) in [5, 5.41) is 10.4. The standard InChI is InChI=1S/C27H29F2N9O.C2HF3O2/c1-36(2)18-5-3-17(4-6-18)9-10-38-16-31-24-25(34-27(35-26(24)38)37-11-13-39-14-12-37)30-15-21-32-20-8-7-19(28)22(29)23(20)33-21;3-2(4,5)1(6)7/h3-8,16H,9-15H2,1-2H3,(H,32,33)(H,30,34,35);(H,6,7). The van der Waals surface area contributed by atoms with Gasteiger partial charge < -0.3 is 34.5 Å². The lowest BCUT2D eigenvalue weighted by molar-refractivity contribution is -0.192. The first kappa shape index (κ1) is 32.3. The maximum absolute atomic E-state index is 14.2. The second-order valence-corrected chi connectivity index (χ2v) is 10.5. The zero-order valence-electron chi connectivity index (χ0n) is 24.8. The van der Waals surface area contributed by atoms with E-state index < -0.39 is 23.8 Å². The molecule has 0 bridgehead atoms. The molecule has 0 radical (unpaired) electrons. The van der Waals surface area contributed by atoms with E-state index >= 15 is 0 Å². The number of anilines is 3. The molecule has 4 heterocycles. The summed E-state index contributed by atoms with van der Waals surface area (Å²) in [6.07, 6.45) is -2.49.